The molecule has 2 nitrogen and oxygen atoms in total. The molecule has 2 aromatic rings. The standard InChI is InChI=1S/C17H19Cl2NO/c1-12(2)11-21-16-9-4-3-8-15(16)20-10-13-6-5-7-14(18)17(13)19/h3-9,12,20H,10-11H2,1-2H3. The Kier molecular flexibility index (Phi) is 5.77. The van der Waals surface area contributed by atoms with Crippen LogP contribution in [0.2, 0.25) is 10.0 Å². The molecule has 0 heterocycles. The Hall–Kier alpha value is -1.38. The minimum Gasteiger partial charge on any atom is -0.491 e. The largest absolute Gasteiger partial charge is 0.491 e. The van der Waals surface area contributed by atoms with Crippen LogP contribution >= 0.6 is 23.2 Å². The van der Waals surface area contributed by atoms with Gasteiger partial charge in [-0.05, 0) is 29.7 Å². The number of para-hydroxylation sites is 2. The maximum atomic E-state index is 6.20. The first-order chi connectivity index (χ1) is 10.1. The summed E-state index contributed by atoms with van der Waals surface area (Å²) in [6, 6.07) is 13.5. The summed E-state index contributed by atoms with van der Waals surface area (Å²) in [7, 11) is 0. The average molecular weight is 324 g/mol. The van der Waals surface area contributed by atoms with Gasteiger partial charge in [0.05, 0.1) is 22.3 Å². The predicted octanol–water partition coefficient (Wildman–Crippen LogP) is 5.64. The van der Waals surface area contributed by atoms with E-state index in [1.807, 2.05) is 36.4 Å². The Morgan fingerprint density at radius 3 is 2.57 bits per heavy atom. The number of ether oxygens (including phenoxy) is 1. The van der Waals surface area contributed by atoms with Crippen molar-refractivity contribution in [2.45, 2.75) is 20.4 Å². The van der Waals surface area contributed by atoms with Crippen LogP contribution in [-0.2, 0) is 6.54 Å². The van der Waals surface area contributed by atoms with Crippen LogP contribution in [0.15, 0.2) is 42.5 Å². The normalized spacial score (nSPS) is 10.7. The van der Waals surface area contributed by atoms with E-state index in [1.54, 1.807) is 6.07 Å². The zero-order chi connectivity index (χ0) is 15.2. The highest BCUT2D eigenvalue weighted by atomic mass is 35.5. The fourth-order valence-electron chi connectivity index (χ4n) is 1.87. The Balaban J connectivity index is 2.07. The molecule has 0 aliphatic heterocycles. The van der Waals surface area contributed by atoms with Gasteiger partial charge in [-0.15, -0.1) is 0 Å². The smallest absolute Gasteiger partial charge is 0.142 e. The molecule has 0 amide bonds. The van der Waals surface area contributed by atoms with Gasteiger partial charge in [0, 0.05) is 6.54 Å². The van der Waals surface area contributed by atoms with E-state index in [0.717, 1.165) is 17.0 Å². The van der Waals surface area contributed by atoms with Crippen molar-refractivity contribution in [3.63, 3.8) is 0 Å². The zero-order valence-electron chi connectivity index (χ0n) is 12.2. The van der Waals surface area contributed by atoms with E-state index in [9.17, 15) is 0 Å². The molecule has 0 fully saturated rings. The molecule has 0 bridgehead atoms. The molecule has 21 heavy (non-hydrogen) atoms. The summed E-state index contributed by atoms with van der Waals surface area (Å²) in [4.78, 5) is 0. The van der Waals surface area contributed by atoms with Crippen molar-refractivity contribution < 1.29 is 4.74 Å². The molecule has 2 rings (SSSR count). The van der Waals surface area contributed by atoms with Gasteiger partial charge in [-0.3, -0.25) is 0 Å². The van der Waals surface area contributed by atoms with E-state index in [2.05, 4.69) is 19.2 Å². The Morgan fingerprint density at radius 2 is 1.81 bits per heavy atom. The third-order valence-corrected chi connectivity index (χ3v) is 3.82. The molecular formula is C17H19Cl2NO. The molecule has 4 heteroatoms. The quantitative estimate of drug-likeness (QED) is 0.742. The fourth-order valence-corrected chi connectivity index (χ4v) is 2.26. The van der Waals surface area contributed by atoms with Crippen molar-refractivity contribution in [3.05, 3.63) is 58.1 Å². The van der Waals surface area contributed by atoms with Gasteiger partial charge in [-0.25, -0.2) is 0 Å². The van der Waals surface area contributed by atoms with Gasteiger partial charge < -0.3 is 10.1 Å². The summed E-state index contributed by atoms with van der Waals surface area (Å²) in [5, 5.41) is 4.51. The first kappa shape index (κ1) is 16.0. The van der Waals surface area contributed by atoms with Crippen molar-refractivity contribution in [1.82, 2.24) is 0 Å². The lowest BCUT2D eigenvalue weighted by molar-refractivity contribution is 0.272. The maximum absolute atomic E-state index is 6.20. The number of hydrogen-bond acceptors (Lipinski definition) is 2. The molecule has 0 atom stereocenters. The van der Waals surface area contributed by atoms with Gasteiger partial charge in [0.25, 0.3) is 0 Å². The monoisotopic (exact) mass is 323 g/mol. The predicted molar refractivity (Wildman–Crippen MR) is 90.6 cm³/mol. The maximum Gasteiger partial charge on any atom is 0.142 e. The third kappa shape index (κ3) is 4.55. The van der Waals surface area contributed by atoms with Crippen LogP contribution < -0.4 is 10.1 Å². The average Bonchev–Trinajstić information content (AvgIpc) is 2.47. The Labute approximate surface area is 136 Å². The zero-order valence-corrected chi connectivity index (χ0v) is 13.7. The Morgan fingerprint density at radius 1 is 1.05 bits per heavy atom. The van der Waals surface area contributed by atoms with Crippen molar-refractivity contribution in [3.8, 4) is 5.75 Å². The van der Waals surface area contributed by atoms with E-state index in [1.165, 1.54) is 0 Å². The van der Waals surface area contributed by atoms with Crippen LogP contribution in [0.25, 0.3) is 0 Å². The lowest BCUT2D eigenvalue weighted by Gasteiger charge is -2.15. The molecule has 0 aliphatic carbocycles. The van der Waals surface area contributed by atoms with Crippen molar-refractivity contribution in [2.75, 3.05) is 11.9 Å². The van der Waals surface area contributed by atoms with Gasteiger partial charge >= 0.3 is 0 Å². The second kappa shape index (κ2) is 7.58. The van der Waals surface area contributed by atoms with Crippen molar-refractivity contribution in [2.24, 2.45) is 5.92 Å². The molecule has 0 aromatic heterocycles. The van der Waals surface area contributed by atoms with E-state index >= 15 is 0 Å². The van der Waals surface area contributed by atoms with E-state index in [4.69, 9.17) is 27.9 Å². The van der Waals surface area contributed by atoms with Crippen LogP contribution in [0.3, 0.4) is 0 Å². The molecule has 0 spiro atoms. The van der Waals surface area contributed by atoms with Crippen LogP contribution in [0.1, 0.15) is 19.4 Å². The molecule has 1 N–H and O–H groups in total. The summed E-state index contributed by atoms with van der Waals surface area (Å²) in [5.41, 5.74) is 1.91. The topological polar surface area (TPSA) is 21.3 Å². The molecule has 0 aliphatic rings. The number of nitrogens with one attached hydrogen (secondary N) is 1. The second-order valence-corrected chi connectivity index (χ2v) is 6.05. The molecule has 0 unspecified atom stereocenters. The molecule has 0 radical (unpaired) electrons. The van der Waals surface area contributed by atoms with Crippen molar-refractivity contribution in [1.29, 1.82) is 0 Å². The summed E-state index contributed by atoms with van der Waals surface area (Å²) in [6.45, 7) is 5.54. The van der Waals surface area contributed by atoms with Gasteiger partial charge in [0.1, 0.15) is 5.75 Å². The summed E-state index contributed by atoms with van der Waals surface area (Å²) < 4.78 is 5.82. The lowest BCUT2D eigenvalue weighted by atomic mass is 10.2. The minimum atomic E-state index is 0.487. The van der Waals surface area contributed by atoms with Gasteiger partial charge in [-0.1, -0.05) is 61.3 Å². The number of rotatable bonds is 6. The molecular weight excluding hydrogens is 305 g/mol. The van der Waals surface area contributed by atoms with E-state index < -0.39 is 0 Å². The highest BCUT2D eigenvalue weighted by molar-refractivity contribution is 6.42. The van der Waals surface area contributed by atoms with Gasteiger partial charge in [-0.2, -0.15) is 0 Å². The minimum absolute atomic E-state index is 0.487. The Bertz CT molecular complexity index is 599. The van der Waals surface area contributed by atoms with Crippen molar-refractivity contribution >= 4 is 28.9 Å². The highest BCUT2D eigenvalue weighted by Crippen LogP contribution is 2.28. The molecule has 2 aromatic carbocycles. The van der Waals surface area contributed by atoms with Crippen LogP contribution in [0, 0.1) is 5.92 Å². The van der Waals surface area contributed by atoms with Gasteiger partial charge in [0.15, 0.2) is 0 Å². The number of hydrogen-bond donors (Lipinski definition) is 1. The highest BCUT2D eigenvalue weighted by Gasteiger charge is 2.07. The lowest BCUT2D eigenvalue weighted by Crippen LogP contribution is -2.07. The van der Waals surface area contributed by atoms with Crippen LogP contribution in [0.5, 0.6) is 5.75 Å². The van der Waals surface area contributed by atoms with Gasteiger partial charge in [0.2, 0.25) is 0 Å². The number of benzene rings is 2. The first-order valence-electron chi connectivity index (χ1n) is 6.96. The van der Waals surface area contributed by atoms with Crippen LogP contribution in [-0.4, -0.2) is 6.61 Å². The molecule has 112 valence electrons. The summed E-state index contributed by atoms with van der Waals surface area (Å²) >= 11 is 12.2. The molecule has 0 saturated carbocycles. The molecule has 0 saturated heterocycles. The van der Waals surface area contributed by atoms with E-state index in [-0.39, 0.29) is 0 Å². The second-order valence-electron chi connectivity index (χ2n) is 5.27. The number of halogens is 2. The first-order valence-corrected chi connectivity index (χ1v) is 7.72. The number of anilines is 1. The third-order valence-electron chi connectivity index (χ3n) is 2.96. The summed E-state index contributed by atoms with van der Waals surface area (Å²) in [6.07, 6.45) is 0. The fraction of sp³-hybridized carbons (Fsp3) is 0.294. The summed E-state index contributed by atoms with van der Waals surface area (Å²) in [5.74, 6) is 1.34. The SMILES string of the molecule is CC(C)COc1ccccc1NCc1cccc(Cl)c1Cl. The van der Waals surface area contributed by atoms with Crippen LogP contribution in [0.4, 0.5) is 5.69 Å². The van der Waals surface area contributed by atoms with E-state index in [0.29, 0.717) is 29.1 Å².